The van der Waals surface area contributed by atoms with E-state index in [1.807, 2.05) is 0 Å². The predicted molar refractivity (Wildman–Crippen MR) is 75.0 cm³/mol. The Balaban J connectivity index is 1.93. The van der Waals surface area contributed by atoms with Crippen molar-refractivity contribution in [2.24, 2.45) is 17.8 Å². The first-order valence-electron chi connectivity index (χ1n) is 7.45. The average Bonchev–Trinajstić information content (AvgIpc) is 2.54. The third-order valence-electron chi connectivity index (χ3n) is 4.99. The Morgan fingerprint density at radius 2 is 1.75 bits per heavy atom. The molecule has 94 valence electrons. The van der Waals surface area contributed by atoms with Gasteiger partial charge >= 0.3 is 0 Å². The van der Waals surface area contributed by atoms with E-state index < -0.39 is 0 Å². The Kier molecular flexibility index (Phi) is 5.19. The molecule has 0 aromatic carbocycles. The summed E-state index contributed by atoms with van der Waals surface area (Å²) >= 11 is 3.98. The molecule has 0 amide bonds. The molecule has 0 N–H and O–H groups in total. The SMILES string of the molecule is CCC1CCCC(C2CCCCCC2Br)C1. The third kappa shape index (κ3) is 3.24. The van der Waals surface area contributed by atoms with Gasteiger partial charge in [0.1, 0.15) is 0 Å². The summed E-state index contributed by atoms with van der Waals surface area (Å²) in [5.41, 5.74) is 0. The molecule has 2 aliphatic rings. The lowest BCUT2D eigenvalue weighted by atomic mass is 9.72. The van der Waals surface area contributed by atoms with Crippen molar-refractivity contribution in [2.75, 3.05) is 0 Å². The van der Waals surface area contributed by atoms with Crippen molar-refractivity contribution in [3.05, 3.63) is 0 Å². The molecule has 0 spiro atoms. The van der Waals surface area contributed by atoms with Crippen LogP contribution in [0.5, 0.6) is 0 Å². The number of hydrogen-bond acceptors (Lipinski definition) is 0. The van der Waals surface area contributed by atoms with Gasteiger partial charge < -0.3 is 0 Å². The highest BCUT2D eigenvalue weighted by molar-refractivity contribution is 9.09. The second kappa shape index (κ2) is 6.42. The molecule has 0 saturated heterocycles. The summed E-state index contributed by atoms with van der Waals surface area (Å²) in [5.74, 6) is 3.08. The molecule has 0 bridgehead atoms. The highest BCUT2D eigenvalue weighted by Gasteiger charge is 2.32. The molecule has 0 nitrogen and oxygen atoms in total. The van der Waals surface area contributed by atoms with Crippen LogP contribution in [-0.4, -0.2) is 4.83 Å². The maximum absolute atomic E-state index is 3.98. The lowest BCUT2D eigenvalue weighted by molar-refractivity contribution is 0.182. The van der Waals surface area contributed by atoms with E-state index >= 15 is 0 Å². The normalized spacial score (nSPS) is 41.6. The fourth-order valence-electron chi connectivity index (χ4n) is 3.91. The summed E-state index contributed by atoms with van der Waals surface area (Å²) in [7, 11) is 0. The molecular weight excluding hydrogens is 260 g/mol. The molecule has 0 aromatic heterocycles. The molecule has 4 unspecified atom stereocenters. The van der Waals surface area contributed by atoms with Gasteiger partial charge in [-0.2, -0.15) is 0 Å². The Morgan fingerprint density at radius 3 is 2.56 bits per heavy atom. The van der Waals surface area contributed by atoms with E-state index in [0.717, 1.165) is 22.6 Å². The van der Waals surface area contributed by atoms with E-state index in [-0.39, 0.29) is 0 Å². The lowest BCUT2D eigenvalue weighted by Gasteiger charge is -2.36. The smallest absolute Gasteiger partial charge is 0.0176 e. The maximum atomic E-state index is 3.98. The largest absolute Gasteiger partial charge is 0.0888 e. The zero-order chi connectivity index (χ0) is 11.4. The summed E-state index contributed by atoms with van der Waals surface area (Å²) in [6.07, 6.45) is 14.8. The van der Waals surface area contributed by atoms with Crippen molar-refractivity contribution in [1.29, 1.82) is 0 Å². The van der Waals surface area contributed by atoms with E-state index in [1.54, 1.807) is 0 Å². The molecule has 2 fully saturated rings. The lowest BCUT2D eigenvalue weighted by Crippen LogP contribution is -2.27. The van der Waals surface area contributed by atoms with Crippen LogP contribution in [0.3, 0.4) is 0 Å². The molecule has 16 heavy (non-hydrogen) atoms. The topological polar surface area (TPSA) is 0 Å². The molecule has 0 radical (unpaired) electrons. The second-order valence-corrected chi connectivity index (χ2v) is 7.19. The molecule has 0 aliphatic heterocycles. The Labute approximate surface area is 110 Å². The van der Waals surface area contributed by atoms with Gasteiger partial charge in [0, 0.05) is 4.83 Å². The van der Waals surface area contributed by atoms with E-state index in [4.69, 9.17) is 0 Å². The zero-order valence-electron chi connectivity index (χ0n) is 10.8. The standard InChI is InChI=1S/C15H27Br/c1-2-12-7-6-8-13(11-12)14-9-4-3-5-10-15(14)16/h12-15H,2-11H2,1H3. The van der Waals surface area contributed by atoms with Crippen LogP contribution >= 0.6 is 15.9 Å². The molecule has 0 heterocycles. The molecule has 1 heteroatoms. The van der Waals surface area contributed by atoms with Gasteiger partial charge in [0.05, 0.1) is 0 Å². The molecule has 2 saturated carbocycles. The quantitative estimate of drug-likeness (QED) is 0.461. The fourth-order valence-corrected chi connectivity index (χ4v) is 4.93. The Hall–Kier alpha value is 0.480. The first kappa shape index (κ1) is 12.9. The summed E-state index contributed by atoms with van der Waals surface area (Å²) in [6, 6.07) is 0. The van der Waals surface area contributed by atoms with Gasteiger partial charge in [0.2, 0.25) is 0 Å². The minimum Gasteiger partial charge on any atom is -0.0888 e. The number of alkyl halides is 1. The molecule has 0 aromatic rings. The van der Waals surface area contributed by atoms with Crippen molar-refractivity contribution in [1.82, 2.24) is 0 Å². The van der Waals surface area contributed by atoms with Gasteiger partial charge in [-0.05, 0) is 37.0 Å². The highest BCUT2D eigenvalue weighted by atomic mass is 79.9. The van der Waals surface area contributed by atoms with Gasteiger partial charge in [-0.1, -0.05) is 67.8 Å². The van der Waals surface area contributed by atoms with Crippen LogP contribution < -0.4 is 0 Å². The van der Waals surface area contributed by atoms with Gasteiger partial charge in [-0.25, -0.2) is 0 Å². The predicted octanol–water partition coefficient (Wildman–Crippen LogP) is 5.55. The fraction of sp³-hybridized carbons (Fsp3) is 1.00. The molecule has 2 aliphatic carbocycles. The van der Waals surface area contributed by atoms with E-state index in [1.165, 1.54) is 64.2 Å². The van der Waals surface area contributed by atoms with Crippen LogP contribution in [0.4, 0.5) is 0 Å². The minimum atomic E-state index is 0.829. The Bertz CT molecular complexity index is 202. The third-order valence-corrected chi connectivity index (χ3v) is 6.13. The van der Waals surface area contributed by atoms with E-state index in [0.29, 0.717) is 0 Å². The van der Waals surface area contributed by atoms with Gasteiger partial charge in [0.15, 0.2) is 0 Å². The molecule has 4 atom stereocenters. The van der Waals surface area contributed by atoms with Crippen LogP contribution in [0.15, 0.2) is 0 Å². The van der Waals surface area contributed by atoms with Crippen molar-refractivity contribution < 1.29 is 0 Å². The number of hydrogen-bond donors (Lipinski definition) is 0. The highest BCUT2D eigenvalue weighted by Crippen LogP contribution is 2.42. The first-order chi connectivity index (χ1) is 7.81. The summed E-state index contributed by atoms with van der Waals surface area (Å²) in [4.78, 5) is 0.829. The minimum absolute atomic E-state index is 0.829. The van der Waals surface area contributed by atoms with E-state index in [9.17, 15) is 0 Å². The summed E-state index contributed by atoms with van der Waals surface area (Å²) in [6.45, 7) is 2.38. The van der Waals surface area contributed by atoms with Gasteiger partial charge in [0.25, 0.3) is 0 Å². The average molecular weight is 287 g/mol. The van der Waals surface area contributed by atoms with Crippen molar-refractivity contribution in [2.45, 2.75) is 76.0 Å². The van der Waals surface area contributed by atoms with E-state index in [2.05, 4.69) is 22.9 Å². The summed E-state index contributed by atoms with van der Waals surface area (Å²) < 4.78 is 0. The zero-order valence-corrected chi connectivity index (χ0v) is 12.3. The van der Waals surface area contributed by atoms with Crippen LogP contribution in [0.1, 0.15) is 71.1 Å². The Morgan fingerprint density at radius 1 is 0.938 bits per heavy atom. The molecular formula is C15H27Br. The maximum Gasteiger partial charge on any atom is 0.0176 e. The van der Waals surface area contributed by atoms with Gasteiger partial charge in [-0.15, -0.1) is 0 Å². The molecule has 2 rings (SSSR count). The van der Waals surface area contributed by atoms with Crippen LogP contribution in [0.2, 0.25) is 0 Å². The number of rotatable bonds is 2. The van der Waals surface area contributed by atoms with Crippen LogP contribution in [0, 0.1) is 17.8 Å². The summed E-state index contributed by atoms with van der Waals surface area (Å²) in [5, 5.41) is 0. The van der Waals surface area contributed by atoms with Crippen molar-refractivity contribution in [3.63, 3.8) is 0 Å². The van der Waals surface area contributed by atoms with Crippen molar-refractivity contribution in [3.8, 4) is 0 Å². The van der Waals surface area contributed by atoms with Crippen LogP contribution in [-0.2, 0) is 0 Å². The first-order valence-corrected chi connectivity index (χ1v) is 8.37. The van der Waals surface area contributed by atoms with Crippen molar-refractivity contribution >= 4 is 15.9 Å². The van der Waals surface area contributed by atoms with Crippen LogP contribution in [0.25, 0.3) is 0 Å². The van der Waals surface area contributed by atoms with Gasteiger partial charge in [-0.3, -0.25) is 0 Å². The monoisotopic (exact) mass is 286 g/mol. The number of halogens is 1. The second-order valence-electron chi connectivity index (χ2n) is 6.02.